The van der Waals surface area contributed by atoms with E-state index in [4.69, 9.17) is 15.3 Å². The number of fused-ring (bicyclic) bond motifs is 1. The molecule has 0 radical (unpaired) electrons. The molecule has 16 heavy (non-hydrogen) atoms. The van der Waals surface area contributed by atoms with Gasteiger partial charge in [0.05, 0.1) is 6.04 Å². The van der Waals surface area contributed by atoms with Crippen molar-refractivity contribution in [2.75, 3.05) is 6.61 Å². The normalized spacial score (nSPS) is 20.2. The molecule has 0 fully saturated rings. The van der Waals surface area contributed by atoms with Crippen LogP contribution in [-0.4, -0.2) is 18.8 Å². The lowest BCUT2D eigenvalue weighted by Crippen LogP contribution is -2.50. The molecule has 0 saturated carbocycles. The van der Waals surface area contributed by atoms with Crippen molar-refractivity contribution < 1.29 is 9.47 Å². The molecule has 1 aromatic rings. The van der Waals surface area contributed by atoms with Crippen LogP contribution in [-0.2, 0) is 0 Å². The van der Waals surface area contributed by atoms with Gasteiger partial charge >= 0.3 is 0 Å². The highest BCUT2D eigenvalue weighted by atomic mass is 16.6. The molecule has 2 unspecified atom stereocenters. The Bertz CT molecular complexity index is 392. The molecule has 0 amide bonds. The minimum atomic E-state index is -0.141. The SMILES string of the molecule is C=C(C)C(NN)C1COc2ccccc2O1. The van der Waals surface area contributed by atoms with E-state index in [1.807, 2.05) is 31.2 Å². The van der Waals surface area contributed by atoms with Crippen LogP contribution in [0, 0.1) is 0 Å². The third-order valence-electron chi connectivity index (χ3n) is 2.61. The van der Waals surface area contributed by atoms with Crippen molar-refractivity contribution in [1.82, 2.24) is 5.43 Å². The van der Waals surface area contributed by atoms with E-state index in [9.17, 15) is 0 Å². The number of nitrogens with two attached hydrogens (primary N) is 1. The Hall–Kier alpha value is -1.52. The molecule has 3 N–H and O–H groups in total. The lowest BCUT2D eigenvalue weighted by atomic mass is 10.0. The average molecular weight is 220 g/mol. The summed E-state index contributed by atoms with van der Waals surface area (Å²) in [5, 5.41) is 0. The molecular weight excluding hydrogens is 204 g/mol. The Kier molecular flexibility index (Phi) is 3.12. The van der Waals surface area contributed by atoms with E-state index in [1.165, 1.54) is 0 Å². The summed E-state index contributed by atoms with van der Waals surface area (Å²) in [5.41, 5.74) is 3.62. The van der Waals surface area contributed by atoms with Crippen LogP contribution in [0.2, 0.25) is 0 Å². The summed E-state index contributed by atoms with van der Waals surface area (Å²) in [5.74, 6) is 7.00. The fraction of sp³-hybridized carbons (Fsp3) is 0.333. The van der Waals surface area contributed by atoms with Crippen LogP contribution in [0.15, 0.2) is 36.4 Å². The number of para-hydroxylation sites is 2. The molecule has 0 spiro atoms. The molecule has 1 aromatic carbocycles. The number of rotatable bonds is 3. The molecule has 4 heteroatoms. The molecule has 4 nitrogen and oxygen atoms in total. The predicted molar refractivity (Wildman–Crippen MR) is 62.3 cm³/mol. The number of hydrogen-bond acceptors (Lipinski definition) is 4. The van der Waals surface area contributed by atoms with Crippen molar-refractivity contribution in [3.05, 3.63) is 36.4 Å². The molecule has 2 rings (SSSR count). The molecule has 0 saturated heterocycles. The van der Waals surface area contributed by atoms with Crippen molar-refractivity contribution in [2.45, 2.75) is 19.1 Å². The van der Waals surface area contributed by atoms with Gasteiger partial charge in [0.15, 0.2) is 17.6 Å². The largest absolute Gasteiger partial charge is 0.486 e. The Morgan fingerprint density at radius 2 is 2.19 bits per heavy atom. The highest BCUT2D eigenvalue weighted by Gasteiger charge is 2.28. The smallest absolute Gasteiger partial charge is 0.161 e. The van der Waals surface area contributed by atoms with Crippen LogP contribution in [0.1, 0.15) is 6.92 Å². The highest BCUT2D eigenvalue weighted by Crippen LogP contribution is 2.32. The van der Waals surface area contributed by atoms with E-state index in [0.29, 0.717) is 6.61 Å². The van der Waals surface area contributed by atoms with Crippen LogP contribution in [0.4, 0.5) is 0 Å². The summed E-state index contributed by atoms with van der Waals surface area (Å²) in [6, 6.07) is 7.49. The van der Waals surface area contributed by atoms with Gasteiger partial charge in [-0.25, -0.2) is 5.43 Å². The van der Waals surface area contributed by atoms with Crippen molar-refractivity contribution in [3.63, 3.8) is 0 Å². The van der Waals surface area contributed by atoms with E-state index in [1.54, 1.807) is 0 Å². The lowest BCUT2D eigenvalue weighted by molar-refractivity contribution is 0.0711. The fourth-order valence-corrected chi connectivity index (χ4v) is 1.77. The molecule has 86 valence electrons. The lowest BCUT2D eigenvalue weighted by Gasteiger charge is -2.32. The van der Waals surface area contributed by atoms with Gasteiger partial charge in [-0.2, -0.15) is 0 Å². The predicted octanol–water partition coefficient (Wildman–Crippen LogP) is 1.23. The van der Waals surface area contributed by atoms with Gasteiger partial charge in [0, 0.05) is 0 Å². The van der Waals surface area contributed by atoms with Crippen molar-refractivity contribution in [3.8, 4) is 11.5 Å². The van der Waals surface area contributed by atoms with Gasteiger partial charge in [0.2, 0.25) is 0 Å². The first-order valence-electron chi connectivity index (χ1n) is 5.22. The first kappa shape index (κ1) is 11.0. The standard InChI is InChI=1S/C12H16N2O2/c1-8(2)12(14-13)11-7-15-9-5-3-4-6-10(9)16-11/h3-6,11-12,14H,1,7,13H2,2H3. The first-order valence-corrected chi connectivity index (χ1v) is 5.22. The third-order valence-corrected chi connectivity index (χ3v) is 2.61. The van der Waals surface area contributed by atoms with Crippen molar-refractivity contribution >= 4 is 0 Å². The summed E-state index contributed by atoms with van der Waals surface area (Å²) < 4.78 is 11.4. The van der Waals surface area contributed by atoms with Gasteiger partial charge in [0.25, 0.3) is 0 Å². The second-order valence-corrected chi connectivity index (χ2v) is 3.90. The maximum Gasteiger partial charge on any atom is 0.161 e. The summed E-state index contributed by atoms with van der Waals surface area (Å²) in [4.78, 5) is 0. The Morgan fingerprint density at radius 3 is 2.81 bits per heavy atom. The third kappa shape index (κ3) is 2.03. The Balaban J connectivity index is 2.15. The maximum absolute atomic E-state index is 5.82. The monoisotopic (exact) mass is 220 g/mol. The number of hydrogen-bond donors (Lipinski definition) is 2. The molecule has 0 aliphatic carbocycles. The van der Waals surface area contributed by atoms with E-state index >= 15 is 0 Å². The van der Waals surface area contributed by atoms with Gasteiger partial charge < -0.3 is 9.47 Å². The average Bonchev–Trinajstić information content (AvgIpc) is 2.29. The van der Waals surface area contributed by atoms with E-state index in [2.05, 4.69) is 12.0 Å². The zero-order valence-electron chi connectivity index (χ0n) is 9.27. The van der Waals surface area contributed by atoms with E-state index in [-0.39, 0.29) is 12.1 Å². The van der Waals surface area contributed by atoms with Gasteiger partial charge in [-0.3, -0.25) is 5.84 Å². The number of hydrazine groups is 1. The zero-order chi connectivity index (χ0) is 11.5. The maximum atomic E-state index is 5.82. The number of nitrogens with one attached hydrogen (secondary N) is 1. The van der Waals surface area contributed by atoms with Gasteiger partial charge in [0.1, 0.15) is 6.61 Å². The highest BCUT2D eigenvalue weighted by molar-refractivity contribution is 5.41. The van der Waals surface area contributed by atoms with E-state index in [0.717, 1.165) is 17.1 Å². The quantitative estimate of drug-likeness (QED) is 0.457. The van der Waals surface area contributed by atoms with Crippen molar-refractivity contribution in [2.24, 2.45) is 5.84 Å². The van der Waals surface area contributed by atoms with Gasteiger partial charge in [-0.05, 0) is 19.1 Å². The van der Waals surface area contributed by atoms with Crippen LogP contribution in [0.25, 0.3) is 0 Å². The minimum Gasteiger partial charge on any atom is -0.486 e. The second kappa shape index (κ2) is 4.55. The molecule has 1 heterocycles. The summed E-state index contributed by atoms with van der Waals surface area (Å²) in [6.07, 6.45) is -0.141. The minimum absolute atomic E-state index is 0.103. The van der Waals surface area contributed by atoms with Crippen LogP contribution in [0.3, 0.4) is 0 Å². The van der Waals surface area contributed by atoms with Gasteiger partial charge in [-0.1, -0.05) is 24.3 Å². The summed E-state index contributed by atoms with van der Waals surface area (Å²) in [6.45, 7) is 6.26. The number of ether oxygens (including phenoxy) is 2. The van der Waals surface area contributed by atoms with E-state index < -0.39 is 0 Å². The second-order valence-electron chi connectivity index (χ2n) is 3.90. The summed E-state index contributed by atoms with van der Waals surface area (Å²) >= 11 is 0. The molecule has 1 aliphatic rings. The Morgan fingerprint density at radius 1 is 1.50 bits per heavy atom. The van der Waals surface area contributed by atoms with Crippen LogP contribution < -0.4 is 20.7 Å². The molecule has 1 aliphatic heterocycles. The first-order chi connectivity index (χ1) is 7.72. The fourth-order valence-electron chi connectivity index (χ4n) is 1.77. The van der Waals surface area contributed by atoms with Crippen LogP contribution in [0.5, 0.6) is 11.5 Å². The topological polar surface area (TPSA) is 56.5 Å². The molecule has 0 bridgehead atoms. The molecular formula is C12H16N2O2. The summed E-state index contributed by atoms with van der Waals surface area (Å²) in [7, 11) is 0. The number of benzene rings is 1. The van der Waals surface area contributed by atoms with Crippen molar-refractivity contribution in [1.29, 1.82) is 0 Å². The molecule has 0 aromatic heterocycles. The molecule has 2 atom stereocenters. The Labute approximate surface area is 95.0 Å². The zero-order valence-corrected chi connectivity index (χ0v) is 9.27. The van der Waals surface area contributed by atoms with Crippen LogP contribution >= 0.6 is 0 Å². The van der Waals surface area contributed by atoms with Gasteiger partial charge in [-0.15, -0.1) is 0 Å².